The van der Waals surface area contributed by atoms with E-state index in [0.717, 1.165) is 5.56 Å². The van der Waals surface area contributed by atoms with Crippen molar-refractivity contribution in [3.63, 3.8) is 0 Å². The van der Waals surface area contributed by atoms with E-state index in [2.05, 4.69) is 5.43 Å². The molecule has 0 aliphatic rings. The van der Waals surface area contributed by atoms with Crippen LogP contribution in [0.1, 0.15) is 17.6 Å². The Morgan fingerprint density at radius 3 is 2.25 bits per heavy atom. The quantitative estimate of drug-likeness (QED) is 0.840. The highest BCUT2D eigenvalue weighted by atomic mass is 19.3. The van der Waals surface area contributed by atoms with Crippen LogP contribution in [0.4, 0.5) is 8.78 Å². The summed E-state index contributed by atoms with van der Waals surface area (Å²) in [5.74, 6) is 0. The molecule has 0 radical (unpaired) electrons. The predicted octanol–water partition coefficient (Wildman–Crippen LogP) is 3.17. The van der Waals surface area contributed by atoms with E-state index in [1.54, 1.807) is 12.1 Å². The van der Waals surface area contributed by atoms with Crippen LogP contribution in [0, 0.1) is 0 Å². The summed E-state index contributed by atoms with van der Waals surface area (Å²) >= 11 is 0. The smallest absolute Gasteiger partial charge is 0.263 e. The number of nitrogens with zero attached hydrogens (tertiary/aromatic N) is 1. The molecule has 0 saturated heterocycles. The van der Waals surface area contributed by atoms with Crippen LogP contribution < -0.4 is 5.43 Å². The molecule has 0 aliphatic carbocycles. The summed E-state index contributed by atoms with van der Waals surface area (Å²) in [4.78, 5) is 0. The number of hydrogen-bond acceptors (Lipinski definition) is 1. The SMILES string of the molecule is FC(F)c1ccc(CNn2cccc2)cc1. The molecule has 16 heavy (non-hydrogen) atoms. The van der Waals surface area contributed by atoms with Crippen LogP contribution in [0.2, 0.25) is 0 Å². The number of halogens is 2. The van der Waals surface area contributed by atoms with Crippen molar-refractivity contribution < 1.29 is 8.78 Å². The van der Waals surface area contributed by atoms with Crippen molar-refractivity contribution in [2.45, 2.75) is 13.0 Å². The highest BCUT2D eigenvalue weighted by Gasteiger charge is 2.05. The molecule has 0 saturated carbocycles. The van der Waals surface area contributed by atoms with Crippen LogP contribution in [0.15, 0.2) is 48.8 Å². The van der Waals surface area contributed by atoms with Crippen LogP contribution >= 0.6 is 0 Å². The Bertz CT molecular complexity index is 421. The van der Waals surface area contributed by atoms with E-state index in [0.29, 0.717) is 6.54 Å². The highest BCUT2D eigenvalue weighted by Crippen LogP contribution is 2.18. The molecule has 2 nitrogen and oxygen atoms in total. The van der Waals surface area contributed by atoms with Gasteiger partial charge in [0.25, 0.3) is 6.43 Å². The molecule has 2 aromatic rings. The third kappa shape index (κ3) is 2.59. The normalized spacial score (nSPS) is 10.7. The molecule has 0 amide bonds. The van der Waals surface area contributed by atoms with E-state index in [1.807, 2.05) is 29.2 Å². The minimum atomic E-state index is -2.40. The minimum Gasteiger partial charge on any atom is -0.322 e. The molecule has 0 unspecified atom stereocenters. The maximum atomic E-state index is 12.3. The summed E-state index contributed by atoms with van der Waals surface area (Å²) in [6.07, 6.45) is 1.37. The van der Waals surface area contributed by atoms with Crippen LogP contribution in [0.3, 0.4) is 0 Å². The van der Waals surface area contributed by atoms with Crippen LogP contribution in [-0.2, 0) is 6.54 Å². The topological polar surface area (TPSA) is 17.0 Å². The summed E-state index contributed by atoms with van der Waals surface area (Å²) < 4.78 is 26.4. The molecule has 84 valence electrons. The number of rotatable bonds is 4. The minimum absolute atomic E-state index is 0.0599. The van der Waals surface area contributed by atoms with Gasteiger partial charge in [0.15, 0.2) is 0 Å². The fourth-order valence-electron chi connectivity index (χ4n) is 1.40. The number of nitrogens with one attached hydrogen (secondary N) is 1. The Hall–Kier alpha value is -1.84. The largest absolute Gasteiger partial charge is 0.322 e. The Morgan fingerprint density at radius 2 is 1.69 bits per heavy atom. The van der Waals surface area contributed by atoms with Gasteiger partial charge in [0, 0.05) is 18.0 Å². The van der Waals surface area contributed by atoms with Crippen molar-refractivity contribution in [3.05, 3.63) is 59.9 Å². The zero-order chi connectivity index (χ0) is 11.4. The molecule has 2 rings (SSSR count). The number of alkyl halides is 2. The predicted molar refractivity (Wildman–Crippen MR) is 58.9 cm³/mol. The van der Waals surface area contributed by atoms with E-state index < -0.39 is 6.43 Å². The maximum Gasteiger partial charge on any atom is 0.263 e. The zero-order valence-electron chi connectivity index (χ0n) is 8.61. The van der Waals surface area contributed by atoms with Crippen LogP contribution in [0.25, 0.3) is 0 Å². The molecule has 0 spiro atoms. The van der Waals surface area contributed by atoms with Gasteiger partial charge in [-0.15, -0.1) is 0 Å². The van der Waals surface area contributed by atoms with Gasteiger partial charge in [0.2, 0.25) is 0 Å². The Kier molecular flexibility index (Phi) is 3.19. The first kappa shape index (κ1) is 10.7. The van der Waals surface area contributed by atoms with Crippen molar-refractivity contribution in [3.8, 4) is 0 Å². The monoisotopic (exact) mass is 222 g/mol. The van der Waals surface area contributed by atoms with Crippen molar-refractivity contribution in [2.24, 2.45) is 0 Å². The van der Waals surface area contributed by atoms with Crippen molar-refractivity contribution >= 4 is 0 Å². The molecule has 4 heteroatoms. The van der Waals surface area contributed by atoms with Gasteiger partial charge < -0.3 is 5.43 Å². The second-order valence-corrected chi connectivity index (χ2v) is 3.47. The highest BCUT2D eigenvalue weighted by molar-refractivity contribution is 5.23. The van der Waals surface area contributed by atoms with Gasteiger partial charge in [0.1, 0.15) is 0 Å². The first-order chi connectivity index (χ1) is 7.75. The average Bonchev–Trinajstić information content (AvgIpc) is 2.80. The molecule has 1 heterocycles. The van der Waals surface area contributed by atoms with Crippen LogP contribution in [-0.4, -0.2) is 4.68 Å². The van der Waals surface area contributed by atoms with E-state index >= 15 is 0 Å². The number of hydrogen-bond donors (Lipinski definition) is 1. The molecule has 0 atom stereocenters. The summed E-state index contributed by atoms with van der Waals surface area (Å²) in [6, 6.07) is 10.1. The molecular formula is C12H12F2N2. The lowest BCUT2D eigenvalue weighted by molar-refractivity contribution is 0.151. The fraction of sp³-hybridized carbons (Fsp3) is 0.167. The van der Waals surface area contributed by atoms with Gasteiger partial charge in [0.05, 0.1) is 6.54 Å². The molecule has 1 aromatic carbocycles. The maximum absolute atomic E-state index is 12.3. The third-order valence-electron chi connectivity index (χ3n) is 2.30. The number of aromatic nitrogens is 1. The summed E-state index contributed by atoms with van der Waals surface area (Å²) in [6.45, 7) is 0.609. The summed E-state index contributed by atoms with van der Waals surface area (Å²) in [5, 5.41) is 0. The lowest BCUT2D eigenvalue weighted by Crippen LogP contribution is -2.11. The fourth-order valence-corrected chi connectivity index (χ4v) is 1.40. The Balaban J connectivity index is 1.95. The van der Waals surface area contributed by atoms with Crippen molar-refractivity contribution in [1.29, 1.82) is 0 Å². The second kappa shape index (κ2) is 4.79. The molecule has 1 N–H and O–H groups in total. The van der Waals surface area contributed by atoms with Crippen molar-refractivity contribution in [2.75, 3.05) is 5.43 Å². The first-order valence-corrected chi connectivity index (χ1v) is 4.99. The molecule has 0 bridgehead atoms. The average molecular weight is 222 g/mol. The van der Waals surface area contributed by atoms with E-state index in [1.165, 1.54) is 12.1 Å². The molecule has 0 aliphatic heterocycles. The van der Waals surface area contributed by atoms with E-state index in [9.17, 15) is 8.78 Å². The van der Waals surface area contributed by atoms with Gasteiger partial charge in [-0.2, -0.15) is 0 Å². The summed E-state index contributed by atoms with van der Waals surface area (Å²) in [7, 11) is 0. The lowest BCUT2D eigenvalue weighted by atomic mass is 10.1. The van der Waals surface area contributed by atoms with Gasteiger partial charge in [-0.3, -0.25) is 4.68 Å². The Labute approximate surface area is 92.5 Å². The molecule has 1 aromatic heterocycles. The standard InChI is InChI=1S/C12H12F2N2/c13-12(14)11-5-3-10(4-6-11)9-15-16-7-1-2-8-16/h1-8,12,15H,9H2. The van der Waals surface area contributed by atoms with Gasteiger partial charge in [-0.05, 0) is 17.7 Å². The first-order valence-electron chi connectivity index (χ1n) is 4.99. The second-order valence-electron chi connectivity index (χ2n) is 3.47. The van der Waals surface area contributed by atoms with Gasteiger partial charge in [-0.1, -0.05) is 24.3 Å². The van der Waals surface area contributed by atoms with Gasteiger partial charge in [-0.25, -0.2) is 8.78 Å². The van der Waals surface area contributed by atoms with Gasteiger partial charge >= 0.3 is 0 Å². The van der Waals surface area contributed by atoms with E-state index in [-0.39, 0.29) is 5.56 Å². The van der Waals surface area contributed by atoms with Crippen LogP contribution in [0.5, 0.6) is 0 Å². The van der Waals surface area contributed by atoms with E-state index in [4.69, 9.17) is 0 Å². The molecular weight excluding hydrogens is 210 g/mol. The third-order valence-corrected chi connectivity index (χ3v) is 2.30. The van der Waals surface area contributed by atoms with Crippen molar-refractivity contribution in [1.82, 2.24) is 4.68 Å². The lowest BCUT2D eigenvalue weighted by Gasteiger charge is -2.08. The summed E-state index contributed by atoms with van der Waals surface area (Å²) in [5.41, 5.74) is 4.15. The Morgan fingerprint density at radius 1 is 1.06 bits per heavy atom. The zero-order valence-corrected chi connectivity index (χ0v) is 8.61. The molecule has 0 fully saturated rings. The number of benzene rings is 1.